The second-order valence-corrected chi connectivity index (χ2v) is 7.01. The van der Waals surface area contributed by atoms with Crippen LogP contribution in [-0.4, -0.2) is 15.5 Å². The molecule has 2 rings (SSSR count). The maximum absolute atomic E-state index is 12.4. The van der Waals surface area contributed by atoms with E-state index in [9.17, 15) is 8.42 Å². The average molecular weight is 371 g/mol. The first-order chi connectivity index (χ1) is 9.83. The van der Waals surface area contributed by atoms with Crippen LogP contribution in [-0.2, 0) is 10.0 Å². The van der Waals surface area contributed by atoms with Crippen molar-refractivity contribution in [2.24, 2.45) is 0 Å². The Morgan fingerprint density at radius 2 is 1.90 bits per heavy atom. The number of nitrogens with one attached hydrogen (secondary N) is 1. The van der Waals surface area contributed by atoms with Gasteiger partial charge in [-0.25, -0.2) is 8.42 Å². The second-order valence-electron chi connectivity index (χ2n) is 4.47. The van der Waals surface area contributed by atoms with Gasteiger partial charge in [0.15, 0.2) is 0 Å². The van der Waals surface area contributed by atoms with E-state index in [0.717, 1.165) is 10.0 Å². The van der Waals surface area contributed by atoms with Crippen LogP contribution in [0.3, 0.4) is 0 Å². The number of hydrogen-bond acceptors (Lipinski definition) is 4. The maximum Gasteiger partial charge on any atom is 0.262 e. The number of nitrogens with two attached hydrogens (primary N) is 1. The van der Waals surface area contributed by atoms with Crippen molar-refractivity contribution in [1.29, 1.82) is 0 Å². The third kappa shape index (κ3) is 3.48. The van der Waals surface area contributed by atoms with Crippen molar-refractivity contribution in [3.63, 3.8) is 0 Å². The fourth-order valence-electron chi connectivity index (χ4n) is 1.73. The Bertz CT molecular complexity index is 776. The van der Waals surface area contributed by atoms with E-state index >= 15 is 0 Å². The van der Waals surface area contributed by atoms with Gasteiger partial charge in [-0.1, -0.05) is 22.0 Å². The summed E-state index contributed by atoms with van der Waals surface area (Å²) in [6.07, 6.45) is 0. The summed E-state index contributed by atoms with van der Waals surface area (Å²) >= 11 is 3.37. The highest BCUT2D eigenvalue weighted by molar-refractivity contribution is 9.10. The minimum Gasteiger partial charge on any atom is -0.495 e. The van der Waals surface area contributed by atoms with E-state index < -0.39 is 10.0 Å². The van der Waals surface area contributed by atoms with Crippen molar-refractivity contribution in [2.75, 3.05) is 17.6 Å². The normalized spacial score (nSPS) is 11.2. The molecule has 0 aliphatic rings. The average Bonchev–Trinajstić information content (AvgIpc) is 2.43. The van der Waals surface area contributed by atoms with Crippen LogP contribution in [0.15, 0.2) is 45.8 Å². The number of halogens is 1. The van der Waals surface area contributed by atoms with Gasteiger partial charge in [-0.15, -0.1) is 0 Å². The predicted molar refractivity (Wildman–Crippen MR) is 87.1 cm³/mol. The van der Waals surface area contributed by atoms with Crippen molar-refractivity contribution in [2.45, 2.75) is 11.8 Å². The lowest BCUT2D eigenvalue weighted by Gasteiger charge is -2.11. The smallest absolute Gasteiger partial charge is 0.262 e. The highest BCUT2D eigenvalue weighted by Crippen LogP contribution is 2.27. The number of ether oxygens (including phenoxy) is 1. The Morgan fingerprint density at radius 3 is 2.52 bits per heavy atom. The summed E-state index contributed by atoms with van der Waals surface area (Å²) in [7, 11) is -2.26. The molecule has 2 aromatic carbocycles. The molecule has 5 nitrogen and oxygen atoms in total. The monoisotopic (exact) mass is 370 g/mol. The van der Waals surface area contributed by atoms with Gasteiger partial charge in [0.2, 0.25) is 0 Å². The largest absolute Gasteiger partial charge is 0.495 e. The zero-order valence-electron chi connectivity index (χ0n) is 11.6. The molecule has 0 aromatic heterocycles. The Labute approximate surface area is 132 Å². The summed E-state index contributed by atoms with van der Waals surface area (Å²) in [4.78, 5) is 0.0882. The highest BCUT2D eigenvalue weighted by Gasteiger charge is 2.16. The van der Waals surface area contributed by atoms with E-state index in [1.54, 1.807) is 12.1 Å². The van der Waals surface area contributed by atoms with Crippen LogP contribution in [0.2, 0.25) is 0 Å². The first-order valence-electron chi connectivity index (χ1n) is 6.06. The lowest BCUT2D eigenvalue weighted by molar-refractivity contribution is 0.415. The fraction of sp³-hybridized carbons (Fsp3) is 0.143. The second kappa shape index (κ2) is 5.95. The molecule has 0 spiro atoms. The standard InChI is InChI=1S/C14H15BrN2O3S/c1-9-3-4-10(7-12(9)15)17-21(18,19)11-5-6-13(16)14(8-11)20-2/h3-8,17H,16H2,1-2H3. The molecule has 0 aliphatic heterocycles. The molecule has 0 aliphatic carbocycles. The van der Waals surface area contributed by atoms with Gasteiger partial charge < -0.3 is 10.5 Å². The third-order valence-electron chi connectivity index (χ3n) is 2.94. The van der Waals surface area contributed by atoms with E-state index in [0.29, 0.717) is 17.1 Å². The number of anilines is 2. The molecule has 2 aromatic rings. The predicted octanol–water partition coefficient (Wildman–Crippen LogP) is 3.15. The minimum absolute atomic E-state index is 0.0882. The summed E-state index contributed by atoms with van der Waals surface area (Å²) < 4.78 is 33.1. The van der Waals surface area contributed by atoms with Gasteiger partial charge >= 0.3 is 0 Å². The molecular formula is C14H15BrN2O3S. The van der Waals surface area contributed by atoms with Crippen LogP contribution in [0, 0.1) is 6.92 Å². The van der Waals surface area contributed by atoms with Crippen molar-refractivity contribution < 1.29 is 13.2 Å². The van der Waals surface area contributed by atoms with Crippen molar-refractivity contribution in [1.82, 2.24) is 0 Å². The van der Waals surface area contributed by atoms with Crippen molar-refractivity contribution in [3.8, 4) is 5.75 Å². The number of hydrogen-bond donors (Lipinski definition) is 2. The van der Waals surface area contributed by atoms with Crippen molar-refractivity contribution in [3.05, 3.63) is 46.4 Å². The molecular weight excluding hydrogens is 356 g/mol. The lowest BCUT2D eigenvalue weighted by atomic mass is 10.2. The van der Waals surface area contributed by atoms with Gasteiger partial charge in [0.05, 0.1) is 17.7 Å². The molecule has 0 bridgehead atoms. The van der Waals surface area contributed by atoms with E-state index in [2.05, 4.69) is 20.7 Å². The van der Waals surface area contributed by atoms with E-state index in [1.807, 2.05) is 13.0 Å². The molecule has 7 heteroatoms. The molecule has 0 radical (unpaired) electrons. The van der Waals surface area contributed by atoms with E-state index in [4.69, 9.17) is 10.5 Å². The first kappa shape index (κ1) is 15.7. The zero-order valence-corrected chi connectivity index (χ0v) is 14.0. The molecule has 0 atom stereocenters. The van der Waals surface area contributed by atoms with Crippen LogP contribution >= 0.6 is 15.9 Å². The Hall–Kier alpha value is -1.73. The molecule has 0 unspecified atom stereocenters. The van der Waals surface area contributed by atoms with E-state index in [-0.39, 0.29) is 4.90 Å². The van der Waals surface area contributed by atoms with Gasteiger partial charge in [0, 0.05) is 16.2 Å². The molecule has 0 amide bonds. The van der Waals surface area contributed by atoms with Crippen LogP contribution < -0.4 is 15.2 Å². The molecule has 21 heavy (non-hydrogen) atoms. The van der Waals surface area contributed by atoms with Gasteiger partial charge in [0.25, 0.3) is 10.0 Å². The summed E-state index contributed by atoms with van der Waals surface area (Å²) in [5.41, 5.74) is 7.57. The van der Waals surface area contributed by atoms with Gasteiger partial charge in [-0.3, -0.25) is 4.72 Å². The van der Waals surface area contributed by atoms with Gasteiger partial charge in [-0.05, 0) is 36.8 Å². The molecule has 0 heterocycles. The van der Waals surface area contributed by atoms with Crippen LogP contribution in [0.25, 0.3) is 0 Å². The zero-order chi connectivity index (χ0) is 15.6. The van der Waals surface area contributed by atoms with Crippen LogP contribution in [0.1, 0.15) is 5.56 Å². The Morgan fingerprint density at radius 1 is 1.19 bits per heavy atom. The number of sulfonamides is 1. The summed E-state index contributed by atoms with van der Waals surface area (Å²) in [6, 6.07) is 9.56. The Balaban J connectivity index is 2.35. The third-order valence-corrected chi connectivity index (χ3v) is 5.17. The van der Waals surface area contributed by atoms with Gasteiger partial charge in [0.1, 0.15) is 5.75 Å². The maximum atomic E-state index is 12.4. The number of rotatable bonds is 4. The van der Waals surface area contributed by atoms with E-state index in [1.165, 1.54) is 25.3 Å². The topological polar surface area (TPSA) is 81.4 Å². The summed E-state index contributed by atoms with van der Waals surface area (Å²) in [6.45, 7) is 1.92. The van der Waals surface area contributed by atoms with Crippen molar-refractivity contribution >= 4 is 37.3 Å². The number of nitrogen functional groups attached to an aromatic ring is 1. The quantitative estimate of drug-likeness (QED) is 0.809. The first-order valence-corrected chi connectivity index (χ1v) is 8.33. The van der Waals surface area contributed by atoms with Crippen LogP contribution in [0.5, 0.6) is 5.75 Å². The molecule has 0 saturated heterocycles. The SMILES string of the molecule is COc1cc(S(=O)(=O)Nc2ccc(C)c(Br)c2)ccc1N. The molecule has 112 valence electrons. The Kier molecular flexibility index (Phi) is 4.43. The minimum atomic E-state index is -3.70. The number of aryl methyl sites for hydroxylation is 1. The lowest BCUT2D eigenvalue weighted by Crippen LogP contribution is -2.13. The fourth-order valence-corrected chi connectivity index (χ4v) is 3.17. The number of methoxy groups -OCH3 is 1. The molecule has 0 saturated carbocycles. The van der Waals surface area contributed by atoms with Crippen LogP contribution in [0.4, 0.5) is 11.4 Å². The number of benzene rings is 2. The van der Waals surface area contributed by atoms with Gasteiger partial charge in [-0.2, -0.15) is 0 Å². The summed E-state index contributed by atoms with van der Waals surface area (Å²) in [5, 5.41) is 0. The summed E-state index contributed by atoms with van der Waals surface area (Å²) in [5.74, 6) is 0.322. The molecule has 0 fully saturated rings. The molecule has 3 N–H and O–H groups in total. The highest BCUT2D eigenvalue weighted by atomic mass is 79.9.